The van der Waals surface area contributed by atoms with E-state index in [4.69, 9.17) is 0 Å². The average Bonchev–Trinajstić information content (AvgIpc) is 2.59. The number of nitrogens with zero attached hydrogens (tertiary/aromatic N) is 1. The van der Waals surface area contributed by atoms with Gasteiger partial charge in [-0.15, -0.1) is 0 Å². The topological polar surface area (TPSA) is 89.5 Å². The van der Waals surface area contributed by atoms with E-state index < -0.39 is 10.1 Å². The molecular weight excluding hydrogens is 372 g/mol. The zero-order valence-corrected chi connectivity index (χ0v) is 16.3. The van der Waals surface area contributed by atoms with Crippen LogP contribution < -0.4 is 10.2 Å². The quantitative estimate of drug-likeness (QED) is 0.557. The van der Waals surface area contributed by atoms with Crippen molar-refractivity contribution in [1.29, 1.82) is 0 Å². The van der Waals surface area contributed by atoms with Crippen molar-refractivity contribution in [3.63, 3.8) is 0 Å². The van der Waals surface area contributed by atoms with Crippen LogP contribution in [-0.4, -0.2) is 38.7 Å². The lowest BCUT2D eigenvalue weighted by molar-refractivity contribution is -0.119. The molecule has 1 amide bonds. The molecule has 0 saturated heterocycles. The van der Waals surface area contributed by atoms with Crippen LogP contribution >= 0.6 is 12.6 Å². The summed E-state index contributed by atoms with van der Waals surface area (Å²) in [5.41, 5.74) is 2.53. The maximum absolute atomic E-state index is 12.5. The van der Waals surface area contributed by atoms with Gasteiger partial charge in [0.2, 0.25) is 5.91 Å². The number of amides is 1. The summed E-state index contributed by atoms with van der Waals surface area (Å²) in [5.74, 6) is -0.185. The molecule has 0 fully saturated rings. The maximum atomic E-state index is 12.5. The zero-order valence-electron chi connectivity index (χ0n) is 14.5. The second kappa shape index (κ2) is 8.57. The van der Waals surface area contributed by atoms with Gasteiger partial charge in [0, 0.05) is 31.2 Å². The maximum Gasteiger partial charge on any atom is 0.228 e. The van der Waals surface area contributed by atoms with E-state index >= 15 is 0 Å². The average molecular weight is 394 g/mol. The van der Waals surface area contributed by atoms with E-state index in [0.717, 1.165) is 11.3 Å². The van der Waals surface area contributed by atoms with Crippen LogP contribution in [0.3, 0.4) is 0 Å². The fourth-order valence-electron chi connectivity index (χ4n) is 2.40. The normalized spacial score (nSPS) is 12.5. The van der Waals surface area contributed by atoms with Gasteiger partial charge in [0.25, 0.3) is 0 Å². The Morgan fingerprint density at radius 1 is 1.12 bits per heavy atom. The zero-order chi connectivity index (χ0) is 19.3. The molecule has 26 heavy (non-hydrogen) atoms. The van der Waals surface area contributed by atoms with E-state index in [-0.39, 0.29) is 16.7 Å². The van der Waals surface area contributed by atoms with Crippen molar-refractivity contribution in [3.05, 3.63) is 54.1 Å². The van der Waals surface area contributed by atoms with Crippen molar-refractivity contribution in [2.45, 2.75) is 11.3 Å². The Balaban J connectivity index is 2.04. The van der Waals surface area contributed by atoms with Gasteiger partial charge in [0.15, 0.2) is 0 Å². The molecule has 1 unspecified atom stereocenters. The van der Waals surface area contributed by atoms with Crippen LogP contribution in [0.1, 0.15) is 5.56 Å². The minimum Gasteiger partial charge on any atom is -0.744 e. The van der Waals surface area contributed by atoms with Gasteiger partial charge in [-0.1, -0.05) is 12.1 Å². The Labute approximate surface area is 159 Å². The van der Waals surface area contributed by atoms with E-state index in [0.29, 0.717) is 17.9 Å². The number of carbonyl (C=O) groups is 1. The second-order valence-corrected chi connectivity index (χ2v) is 7.86. The third-order valence-electron chi connectivity index (χ3n) is 3.94. The van der Waals surface area contributed by atoms with Crippen LogP contribution in [0, 0.1) is 5.92 Å². The molecule has 0 aliphatic rings. The third-order valence-corrected chi connectivity index (χ3v) is 5.23. The number of anilines is 2. The van der Waals surface area contributed by atoms with Crippen molar-refractivity contribution < 1.29 is 17.8 Å². The Bertz CT molecular complexity index is 848. The molecule has 2 aromatic carbocycles. The standard InChI is InChI=1S/C18H22N2O4S2/c1-20(2)16-7-3-13(4-8-16)11-14(12-25)18(21)19-15-5-9-17(10-6-15)26(22,23)24/h3-10,14,25H,11-12H2,1-2H3,(H,19,21)(H,22,23,24)/p-1. The molecule has 0 heterocycles. The Kier molecular flexibility index (Phi) is 6.69. The molecule has 0 saturated carbocycles. The smallest absolute Gasteiger partial charge is 0.228 e. The molecule has 140 valence electrons. The minimum atomic E-state index is -4.50. The molecule has 0 aliphatic heterocycles. The van der Waals surface area contributed by atoms with E-state index in [1.54, 1.807) is 0 Å². The van der Waals surface area contributed by atoms with Gasteiger partial charge < -0.3 is 14.8 Å². The fraction of sp³-hybridized carbons (Fsp3) is 0.278. The largest absolute Gasteiger partial charge is 0.744 e. The molecule has 0 bridgehead atoms. The van der Waals surface area contributed by atoms with E-state index in [1.807, 2.05) is 43.3 Å². The first kappa shape index (κ1) is 20.3. The summed E-state index contributed by atoms with van der Waals surface area (Å²) in [4.78, 5) is 14.1. The highest BCUT2D eigenvalue weighted by Crippen LogP contribution is 2.19. The highest BCUT2D eigenvalue weighted by atomic mass is 32.2. The molecule has 1 atom stereocenters. The van der Waals surface area contributed by atoms with E-state index in [1.165, 1.54) is 24.3 Å². The van der Waals surface area contributed by atoms with Crippen LogP contribution in [0.5, 0.6) is 0 Å². The number of carbonyl (C=O) groups excluding carboxylic acids is 1. The molecule has 0 spiro atoms. The molecular formula is C18H21N2O4S2-. The molecule has 0 radical (unpaired) electrons. The molecule has 2 rings (SSSR count). The van der Waals surface area contributed by atoms with Gasteiger partial charge >= 0.3 is 0 Å². The molecule has 6 nitrogen and oxygen atoms in total. The van der Waals surface area contributed by atoms with Crippen LogP contribution in [0.4, 0.5) is 11.4 Å². The molecule has 0 aliphatic carbocycles. The van der Waals surface area contributed by atoms with Gasteiger partial charge in [0.05, 0.1) is 10.8 Å². The molecule has 0 aromatic heterocycles. The van der Waals surface area contributed by atoms with Gasteiger partial charge in [-0.25, -0.2) is 8.42 Å². The van der Waals surface area contributed by atoms with Gasteiger partial charge in [-0.2, -0.15) is 12.6 Å². The molecule has 1 N–H and O–H groups in total. The third kappa shape index (κ3) is 5.48. The van der Waals surface area contributed by atoms with E-state index in [9.17, 15) is 17.8 Å². The first-order chi connectivity index (χ1) is 12.2. The van der Waals surface area contributed by atoms with Crippen LogP contribution in [-0.2, 0) is 21.3 Å². The predicted molar refractivity (Wildman–Crippen MR) is 105 cm³/mol. The van der Waals surface area contributed by atoms with Crippen molar-refractivity contribution >= 4 is 40.0 Å². The number of hydrogen-bond acceptors (Lipinski definition) is 6. The van der Waals surface area contributed by atoms with E-state index in [2.05, 4.69) is 17.9 Å². The summed E-state index contributed by atoms with van der Waals surface area (Å²) in [6.45, 7) is 0. The minimum absolute atomic E-state index is 0.214. The summed E-state index contributed by atoms with van der Waals surface area (Å²) >= 11 is 4.27. The lowest BCUT2D eigenvalue weighted by atomic mass is 9.99. The van der Waals surface area contributed by atoms with Gasteiger partial charge in [-0.05, 0) is 48.4 Å². The van der Waals surface area contributed by atoms with Crippen molar-refractivity contribution in [3.8, 4) is 0 Å². The number of nitrogens with one attached hydrogen (secondary N) is 1. The predicted octanol–water partition coefficient (Wildman–Crippen LogP) is 2.38. The highest BCUT2D eigenvalue weighted by molar-refractivity contribution is 7.85. The number of rotatable bonds is 7. The number of hydrogen-bond donors (Lipinski definition) is 2. The van der Waals surface area contributed by atoms with Crippen molar-refractivity contribution in [2.75, 3.05) is 30.1 Å². The summed E-state index contributed by atoms with van der Waals surface area (Å²) in [6, 6.07) is 13.1. The first-order valence-corrected chi connectivity index (χ1v) is 9.98. The highest BCUT2D eigenvalue weighted by Gasteiger charge is 2.18. The van der Waals surface area contributed by atoms with Crippen LogP contribution in [0.2, 0.25) is 0 Å². The fourth-order valence-corrected chi connectivity index (χ4v) is 3.17. The lowest BCUT2D eigenvalue weighted by Gasteiger charge is -2.17. The molecule has 2 aromatic rings. The van der Waals surface area contributed by atoms with Crippen molar-refractivity contribution in [2.24, 2.45) is 5.92 Å². The molecule has 8 heteroatoms. The lowest BCUT2D eigenvalue weighted by Crippen LogP contribution is -2.26. The van der Waals surface area contributed by atoms with Crippen LogP contribution in [0.25, 0.3) is 0 Å². The number of thiol groups is 1. The second-order valence-electron chi connectivity index (χ2n) is 6.11. The van der Waals surface area contributed by atoms with Crippen molar-refractivity contribution in [1.82, 2.24) is 0 Å². The summed E-state index contributed by atoms with van der Waals surface area (Å²) < 4.78 is 32.8. The Morgan fingerprint density at radius 3 is 2.15 bits per heavy atom. The summed E-state index contributed by atoms with van der Waals surface area (Å²) in [7, 11) is -0.577. The number of benzene rings is 2. The van der Waals surface area contributed by atoms with Gasteiger partial charge in [-0.3, -0.25) is 4.79 Å². The van der Waals surface area contributed by atoms with Gasteiger partial charge in [0.1, 0.15) is 10.1 Å². The van der Waals surface area contributed by atoms with Crippen LogP contribution in [0.15, 0.2) is 53.4 Å². The summed E-state index contributed by atoms with van der Waals surface area (Å²) in [5, 5.41) is 2.73. The summed E-state index contributed by atoms with van der Waals surface area (Å²) in [6.07, 6.45) is 0.538. The SMILES string of the molecule is CN(C)c1ccc(CC(CS)C(=O)Nc2ccc(S(=O)(=O)[O-])cc2)cc1. The first-order valence-electron chi connectivity index (χ1n) is 7.94. The Morgan fingerprint density at radius 2 is 1.69 bits per heavy atom. The monoisotopic (exact) mass is 393 g/mol. The Hall–Kier alpha value is -2.03.